The minimum Gasteiger partial charge on any atom is -0.502 e. The summed E-state index contributed by atoms with van der Waals surface area (Å²) < 4.78 is 0. The van der Waals surface area contributed by atoms with Crippen LogP contribution in [0.3, 0.4) is 0 Å². The van der Waals surface area contributed by atoms with E-state index >= 15 is 0 Å². The van der Waals surface area contributed by atoms with E-state index in [2.05, 4.69) is 5.32 Å². The van der Waals surface area contributed by atoms with Crippen molar-refractivity contribution in [3.63, 3.8) is 0 Å². The molecule has 1 amide bonds. The maximum Gasteiger partial charge on any atom is 0.311 e. The second kappa shape index (κ2) is 5.26. The highest BCUT2D eigenvalue weighted by atomic mass is 32.2. The summed E-state index contributed by atoms with van der Waals surface area (Å²) in [6.45, 7) is 0. The predicted molar refractivity (Wildman–Crippen MR) is 68.0 cm³/mol. The average molecular weight is 268 g/mol. The molecule has 1 aliphatic heterocycles. The Morgan fingerprint density at radius 1 is 1.56 bits per heavy atom. The first kappa shape index (κ1) is 12.7. The fourth-order valence-electron chi connectivity index (χ4n) is 1.77. The third-order valence-electron chi connectivity index (χ3n) is 2.72. The summed E-state index contributed by atoms with van der Waals surface area (Å²) in [4.78, 5) is 21.8. The van der Waals surface area contributed by atoms with Crippen LogP contribution < -0.4 is 5.32 Å². The molecule has 1 atom stereocenters. The first-order chi connectivity index (χ1) is 8.59. The number of nitrogens with zero attached hydrogens (tertiary/aromatic N) is 1. The Balaban J connectivity index is 2.19. The molecule has 2 rings (SSSR count). The summed E-state index contributed by atoms with van der Waals surface area (Å²) in [7, 11) is 0. The minimum atomic E-state index is -0.711. The molecule has 1 heterocycles. The Kier molecular flexibility index (Phi) is 3.71. The molecule has 1 aromatic rings. The van der Waals surface area contributed by atoms with Gasteiger partial charge in [-0.2, -0.15) is 11.8 Å². The molecule has 0 saturated carbocycles. The molecule has 1 aromatic carbocycles. The molecule has 1 unspecified atom stereocenters. The van der Waals surface area contributed by atoms with E-state index in [1.807, 2.05) is 0 Å². The number of nitrogens with one attached hydrogen (secondary N) is 1. The third kappa shape index (κ3) is 2.56. The van der Waals surface area contributed by atoms with Gasteiger partial charge in [-0.1, -0.05) is 6.07 Å². The second-order valence-electron chi connectivity index (χ2n) is 3.96. The van der Waals surface area contributed by atoms with Gasteiger partial charge in [0.2, 0.25) is 5.75 Å². The van der Waals surface area contributed by atoms with E-state index in [9.17, 15) is 20.0 Å². The Morgan fingerprint density at radius 3 is 2.94 bits per heavy atom. The fourth-order valence-corrected chi connectivity index (χ4v) is 2.93. The van der Waals surface area contributed by atoms with Crippen LogP contribution in [0.1, 0.15) is 16.8 Å². The molecule has 1 aliphatic rings. The molecular weight excluding hydrogens is 256 g/mol. The van der Waals surface area contributed by atoms with E-state index in [1.54, 1.807) is 11.8 Å². The zero-order valence-electron chi connectivity index (χ0n) is 9.46. The lowest BCUT2D eigenvalue weighted by Crippen LogP contribution is -2.34. The van der Waals surface area contributed by atoms with Crippen LogP contribution >= 0.6 is 11.8 Å². The zero-order chi connectivity index (χ0) is 13.1. The van der Waals surface area contributed by atoms with Gasteiger partial charge in [-0.15, -0.1) is 0 Å². The van der Waals surface area contributed by atoms with Gasteiger partial charge in [0.15, 0.2) is 0 Å². The van der Waals surface area contributed by atoms with Gasteiger partial charge in [0.25, 0.3) is 5.91 Å². The Bertz CT molecular complexity index is 486. The molecule has 0 bridgehead atoms. The van der Waals surface area contributed by atoms with E-state index in [0.717, 1.165) is 24.0 Å². The van der Waals surface area contributed by atoms with Gasteiger partial charge in [0.05, 0.1) is 10.5 Å². The van der Waals surface area contributed by atoms with E-state index < -0.39 is 22.3 Å². The van der Waals surface area contributed by atoms with E-state index in [4.69, 9.17) is 0 Å². The highest BCUT2D eigenvalue weighted by Crippen LogP contribution is 2.29. The first-order valence-corrected chi connectivity index (χ1v) is 6.60. The van der Waals surface area contributed by atoms with Gasteiger partial charge < -0.3 is 10.4 Å². The van der Waals surface area contributed by atoms with Gasteiger partial charge in [-0.25, -0.2) is 0 Å². The summed E-state index contributed by atoms with van der Waals surface area (Å²) in [5, 5.41) is 23.1. The smallest absolute Gasteiger partial charge is 0.311 e. The molecule has 2 N–H and O–H groups in total. The number of thioether (sulfide) groups is 1. The summed E-state index contributed by atoms with van der Waals surface area (Å²) >= 11 is 1.75. The molecule has 7 heteroatoms. The summed E-state index contributed by atoms with van der Waals surface area (Å²) in [5.41, 5.74) is -0.510. The number of hydrogen-bond acceptors (Lipinski definition) is 5. The number of rotatable bonds is 3. The SMILES string of the molecule is O=C(NC1CCSC1)c1cccc([N+](=O)[O-])c1O. The maximum atomic E-state index is 11.9. The molecule has 1 saturated heterocycles. The first-order valence-electron chi connectivity index (χ1n) is 5.44. The van der Waals surface area contributed by atoms with Crippen LogP contribution in [0.4, 0.5) is 5.69 Å². The molecule has 0 aliphatic carbocycles. The van der Waals surface area contributed by atoms with Gasteiger partial charge in [0.1, 0.15) is 0 Å². The quantitative estimate of drug-likeness (QED) is 0.640. The molecule has 1 fully saturated rings. The molecule has 6 nitrogen and oxygen atoms in total. The minimum absolute atomic E-state index is 0.0545. The second-order valence-corrected chi connectivity index (χ2v) is 5.11. The monoisotopic (exact) mass is 268 g/mol. The van der Waals surface area contributed by atoms with Crippen molar-refractivity contribution in [3.8, 4) is 5.75 Å². The summed E-state index contributed by atoms with van der Waals surface area (Å²) in [6.07, 6.45) is 0.881. The van der Waals surface area contributed by atoms with Crippen molar-refractivity contribution in [2.45, 2.75) is 12.5 Å². The summed E-state index contributed by atoms with van der Waals surface area (Å²) in [5.74, 6) is 0.780. The Labute approximate surface area is 108 Å². The van der Waals surface area contributed by atoms with Crippen molar-refractivity contribution in [1.82, 2.24) is 5.32 Å². The van der Waals surface area contributed by atoms with Crippen LogP contribution in [-0.2, 0) is 0 Å². The zero-order valence-corrected chi connectivity index (χ0v) is 10.3. The number of hydrogen-bond donors (Lipinski definition) is 2. The van der Waals surface area contributed by atoms with Gasteiger partial charge >= 0.3 is 5.69 Å². The van der Waals surface area contributed by atoms with Crippen molar-refractivity contribution in [2.75, 3.05) is 11.5 Å². The van der Waals surface area contributed by atoms with E-state index in [-0.39, 0.29) is 11.6 Å². The highest BCUT2D eigenvalue weighted by molar-refractivity contribution is 7.99. The highest BCUT2D eigenvalue weighted by Gasteiger charge is 2.24. The number of benzene rings is 1. The molecule has 96 valence electrons. The third-order valence-corrected chi connectivity index (χ3v) is 3.88. The largest absolute Gasteiger partial charge is 0.502 e. The molecular formula is C11H12N2O4S. The predicted octanol–water partition coefficient (Wildman–Crippen LogP) is 1.54. The molecule has 0 aromatic heterocycles. The number of aromatic hydroxyl groups is 1. The van der Waals surface area contributed by atoms with Gasteiger partial charge in [0, 0.05) is 17.9 Å². The number of nitro benzene ring substituents is 1. The van der Waals surface area contributed by atoms with Crippen molar-refractivity contribution in [3.05, 3.63) is 33.9 Å². The average Bonchev–Trinajstić information content (AvgIpc) is 2.81. The number of nitro groups is 1. The van der Waals surface area contributed by atoms with Crippen molar-refractivity contribution < 1.29 is 14.8 Å². The lowest BCUT2D eigenvalue weighted by molar-refractivity contribution is -0.385. The van der Waals surface area contributed by atoms with Gasteiger partial charge in [-0.05, 0) is 18.2 Å². The number of carbonyl (C=O) groups excluding carboxylic acids is 1. The number of carbonyl (C=O) groups is 1. The molecule has 0 radical (unpaired) electrons. The van der Waals surface area contributed by atoms with Crippen LogP contribution in [-0.4, -0.2) is 33.5 Å². The van der Waals surface area contributed by atoms with Crippen molar-refractivity contribution in [1.29, 1.82) is 0 Å². The van der Waals surface area contributed by atoms with Crippen molar-refractivity contribution in [2.24, 2.45) is 0 Å². The number of phenols is 1. The van der Waals surface area contributed by atoms with Crippen LogP contribution in [0, 0.1) is 10.1 Å². The number of amides is 1. The Hall–Kier alpha value is -1.76. The standard InChI is InChI=1S/C11H12N2O4S/c14-10-8(2-1-3-9(10)13(16)17)11(15)12-7-4-5-18-6-7/h1-3,7,14H,4-6H2,(H,12,15). The van der Waals surface area contributed by atoms with Crippen LogP contribution in [0.25, 0.3) is 0 Å². The van der Waals surface area contributed by atoms with Crippen LogP contribution in [0.2, 0.25) is 0 Å². The maximum absolute atomic E-state index is 11.9. The lowest BCUT2D eigenvalue weighted by atomic mass is 10.1. The number of para-hydroxylation sites is 1. The molecule has 0 spiro atoms. The van der Waals surface area contributed by atoms with E-state index in [0.29, 0.717) is 0 Å². The molecule has 18 heavy (non-hydrogen) atoms. The Morgan fingerprint density at radius 2 is 2.33 bits per heavy atom. The normalized spacial score (nSPS) is 18.6. The topological polar surface area (TPSA) is 92.5 Å². The number of phenolic OH excluding ortho intramolecular Hbond substituents is 1. The van der Waals surface area contributed by atoms with Crippen molar-refractivity contribution >= 4 is 23.4 Å². The fraction of sp³-hybridized carbons (Fsp3) is 0.364. The van der Waals surface area contributed by atoms with Gasteiger partial charge in [-0.3, -0.25) is 14.9 Å². The van der Waals surface area contributed by atoms with Crippen LogP contribution in [0.5, 0.6) is 5.75 Å². The van der Waals surface area contributed by atoms with E-state index in [1.165, 1.54) is 12.1 Å². The lowest BCUT2D eigenvalue weighted by Gasteiger charge is -2.11. The van der Waals surface area contributed by atoms with Crippen LogP contribution in [0.15, 0.2) is 18.2 Å². The summed E-state index contributed by atoms with van der Waals surface area (Å²) in [6, 6.07) is 3.99.